The molecule has 0 spiro atoms. The molecule has 1 aliphatic carbocycles. The van der Waals surface area contributed by atoms with Crippen LogP contribution in [-0.2, 0) is 10.8 Å². The smallest absolute Gasteiger partial charge is 0.333 e. The van der Waals surface area contributed by atoms with Gasteiger partial charge in [0, 0.05) is 39.1 Å². The molecule has 0 saturated heterocycles. The van der Waals surface area contributed by atoms with E-state index in [2.05, 4.69) is 225 Å². The molecule has 4 aliphatic rings. The van der Waals surface area contributed by atoms with Gasteiger partial charge < -0.3 is 9.71 Å². The first kappa shape index (κ1) is 34.7. The lowest BCUT2D eigenvalue weighted by Crippen LogP contribution is -2.62. The summed E-state index contributed by atoms with van der Waals surface area (Å²) in [4.78, 5) is 5.40. The molecule has 9 aromatic carbocycles. The maximum atomic E-state index is 2.75. The molecule has 0 bridgehead atoms. The number of fused-ring (bicyclic) bond motifs is 10. The Morgan fingerprint density at radius 2 is 1.02 bits per heavy atom. The van der Waals surface area contributed by atoms with Gasteiger partial charge in [0.1, 0.15) is 0 Å². The molecule has 288 valence electrons. The van der Waals surface area contributed by atoms with E-state index in [0.717, 1.165) is 0 Å². The van der Waals surface area contributed by atoms with Crippen LogP contribution < -0.4 is 20.6 Å². The molecule has 2 nitrogen and oxygen atoms in total. The minimum absolute atomic E-state index is 0.0941. The molecule has 13 rings (SSSR count). The number of hydrogen-bond acceptors (Lipinski definition) is 2. The van der Waals surface area contributed by atoms with E-state index < -0.39 is 0 Å². The van der Waals surface area contributed by atoms with Gasteiger partial charge >= 0.3 is 6.85 Å². The summed E-state index contributed by atoms with van der Waals surface area (Å²) in [7, 11) is 0. The number of nitrogens with zero attached hydrogens (tertiary/aromatic N) is 2. The van der Waals surface area contributed by atoms with Gasteiger partial charge in [-0.25, -0.2) is 0 Å². The van der Waals surface area contributed by atoms with E-state index >= 15 is 0 Å². The number of hydrogen-bond donors (Lipinski definition) is 0. The summed E-state index contributed by atoms with van der Waals surface area (Å²) in [6.45, 7) is 9.62. The minimum atomic E-state index is -0.242. The maximum Gasteiger partial charge on any atom is 0.333 e. The van der Waals surface area contributed by atoms with E-state index in [4.69, 9.17) is 0 Å². The molecule has 3 heteroatoms. The van der Waals surface area contributed by atoms with Crippen LogP contribution in [0.1, 0.15) is 49.9 Å². The Bertz CT molecular complexity index is 3330. The zero-order valence-corrected chi connectivity index (χ0v) is 34.9. The average Bonchev–Trinajstić information content (AvgIpc) is 3.54. The molecule has 61 heavy (non-hydrogen) atoms. The highest BCUT2D eigenvalue weighted by Crippen LogP contribution is 2.58. The van der Waals surface area contributed by atoms with Gasteiger partial charge in [0.2, 0.25) is 0 Å². The Labute approximate surface area is 358 Å². The van der Waals surface area contributed by atoms with Gasteiger partial charge in [-0.15, -0.1) is 0 Å². The minimum Gasteiger partial charge on any atom is -0.376 e. The highest BCUT2D eigenvalue weighted by Gasteiger charge is 2.51. The van der Waals surface area contributed by atoms with Crippen molar-refractivity contribution in [1.82, 2.24) is 0 Å². The van der Waals surface area contributed by atoms with Crippen LogP contribution in [0, 0.1) is 0 Å². The Morgan fingerprint density at radius 3 is 1.80 bits per heavy atom. The van der Waals surface area contributed by atoms with Gasteiger partial charge in [-0.05, 0) is 119 Å². The van der Waals surface area contributed by atoms with E-state index in [1.54, 1.807) is 0 Å². The van der Waals surface area contributed by atoms with Gasteiger partial charge in [-0.2, -0.15) is 0 Å². The molecule has 0 aromatic heterocycles. The topological polar surface area (TPSA) is 6.48 Å². The lowest BCUT2D eigenvalue weighted by molar-refractivity contribution is 0.633. The third-order valence-electron chi connectivity index (χ3n) is 14.5. The van der Waals surface area contributed by atoms with Gasteiger partial charge in [0.05, 0.1) is 5.69 Å². The van der Waals surface area contributed by atoms with Crippen LogP contribution in [0.15, 0.2) is 188 Å². The van der Waals surface area contributed by atoms with Crippen molar-refractivity contribution in [2.75, 3.05) is 9.71 Å². The molecule has 0 N–H and O–H groups in total. The molecule has 0 atom stereocenters. The van der Waals surface area contributed by atoms with Crippen LogP contribution in [0.3, 0.4) is 0 Å². The third kappa shape index (κ3) is 4.64. The molecule has 9 aromatic rings. The molecule has 3 heterocycles. The lowest BCUT2D eigenvalue weighted by atomic mass is 9.42. The highest BCUT2D eigenvalue weighted by molar-refractivity contribution is 6.93. The zero-order chi connectivity index (χ0) is 40.8. The number of rotatable bonds is 3. The maximum absolute atomic E-state index is 2.75. The second-order valence-corrected chi connectivity index (χ2v) is 18.5. The highest BCUT2D eigenvalue weighted by atomic mass is 15.2. The summed E-state index contributed by atoms with van der Waals surface area (Å²) in [6.07, 6.45) is 0. The molecule has 0 fully saturated rings. The summed E-state index contributed by atoms with van der Waals surface area (Å²) >= 11 is 0. The van der Waals surface area contributed by atoms with Crippen LogP contribution >= 0.6 is 0 Å². The second kappa shape index (κ2) is 12.2. The van der Waals surface area contributed by atoms with E-state index in [9.17, 15) is 0 Å². The van der Waals surface area contributed by atoms with Crippen molar-refractivity contribution in [1.29, 1.82) is 0 Å². The largest absolute Gasteiger partial charge is 0.376 e. The molecular formula is C58H43BN2. The van der Waals surface area contributed by atoms with Crippen molar-refractivity contribution >= 4 is 57.0 Å². The SMILES string of the molecule is CC1(C)c2cc3ccccc3cc2N2c3cc(-c4ccccc4)cc4c3B(c3cccc1c32)N(c1cccc2c1C(C)(C)c1ccccc1-2)c1cc(-c2ccccc2)ccc1-4. The number of para-hydroxylation sites is 1. The van der Waals surface area contributed by atoms with Crippen LogP contribution in [0.2, 0.25) is 0 Å². The van der Waals surface area contributed by atoms with Crippen LogP contribution in [0.4, 0.5) is 28.4 Å². The van der Waals surface area contributed by atoms with Crippen molar-refractivity contribution in [3.63, 3.8) is 0 Å². The molecule has 0 unspecified atom stereocenters. The van der Waals surface area contributed by atoms with Crippen molar-refractivity contribution in [2.24, 2.45) is 0 Å². The van der Waals surface area contributed by atoms with E-state index in [1.807, 2.05) is 0 Å². The first-order valence-electron chi connectivity index (χ1n) is 21.7. The Morgan fingerprint density at radius 1 is 0.377 bits per heavy atom. The van der Waals surface area contributed by atoms with E-state index in [1.165, 1.54) is 117 Å². The summed E-state index contributed by atoms with van der Waals surface area (Å²) < 4.78 is 0. The Balaban J connectivity index is 1.18. The van der Waals surface area contributed by atoms with E-state index in [-0.39, 0.29) is 17.7 Å². The molecule has 3 aliphatic heterocycles. The molecule has 0 radical (unpaired) electrons. The molecule has 0 saturated carbocycles. The predicted molar refractivity (Wildman–Crippen MR) is 258 cm³/mol. The third-order valence-corrected chi connectivity index (χ3v) is 14.5. The summed E-state index contributed by atoms with van der Waals surface area (Å²) in [5, 5.41) is 2.54. The van der Waals surface area contributed by atoms with Crippen LogP contribution in [0.5, 0.6) is 0 Å². The van der Waals surface area contributed by atoms with Crippen molar-refractivity contribution < 1.29 is 0 Å². The van der Waals surface area contributed by atoms with Gasteiger partial charge in [0.15, 0.2) is 0 Å². The quantitative estimate of drug-likeness (QED) is 0.165. The van der Waals surface area contributed by atoms with Gasteiger partial charge in [-0.1, -0.05) is 179 Å². The second-order valence-electron chi connectivity index (χ2n) is 18.5. The van der Waals surface area contributed by atoms with Crippen molar-refractivity contribution in [2.45, 2.75) is 38.5 Å². The lowest BCUT2D eigenvalue weighted by Gasteiger charge is -2.51. The first-order chi connectivity index (χ1) is 29.8. The predicted octanol–water partition coefficient (Wildman–Crippen LogP) is 13.8. The normalized spacial score (nSPS) is 15.4. The summed E-state index contributed by atoms with van der Waals surface area (Å²) in [5.41, 5.74) is 24.2. The van der Waals surface area contributed by atoms with Crippen LogP contribution in [-0.4, -0.2) is 6.85 Å². The molecule has 0 amide bonds. The Kier molecular flexibility index (Phi) is 6.97. The molecular weight excluding hydrogens is 735 g/mol. The summed E-state index contributed by atoms with van der Waals surface area (Å²) in [5.74, 6) is 0. The summed E-state index contributed by atoms with van der Waals surface area (Å²) in [6, 6.07) is 71.1. The standard InChI is InChI=1S/C58H43BN2/c1-57(2)47-26-16-27-49-56(47)60(52-34-39-22-12-11-21-38(39)32-48(52)57)53-35-41(37-19-9-6-10-20-37)31-45-43-30-29-40(36-17-7-5-8-18-36)33-51(43)61(59(49)55(45)53)50-28-15-24-44-42-23-13-14-25-46(42)58(3,4)54(44)50/h5-35H,1-4H3. The fourth-order valence-electron chi connectivity index (χ4n) is 11.7. The number of benzene rings is 9. The van der Waals surface area contributed by atoms with E-state index in [0.29, 0.717) is 0 Å². The van der Waals surface area contributed by atoms with Gasteiger partial charge in [-0.3, -0.25) is 0 Å². The first-order valence-corrected chi connectivity index (χ1v) is 21.7. The monoisotopic (exact) mass is 778 g/mol. The van der Waals surface area contributed by atoms with Crippen molar-refractivity contribution in [3.8, 4) is 44.5 Å². The zero-order valence-electron chi connectivity index (χ0n) is 34.9. The Hall–Kier alpha value is -7.10. The average molecular weight is 779 g/mol. The van der Waals surface area contributed by atoms with Crippen LogP contribution in [0.25, 0.3) is 55.3 Å². The number of anilines is 5. The fourth-order valence-corrected chi connectivity index (χ4v) is 11.7. The fraction of sp³-hybridized carbons (Fsp3) is 0.103. The van der Waals surface area contributed by atoms with Crippen molar-refractivity contribution in [3.05, 3.63) is 210 Å². The van der Waals surface area contributed by atoms with Gasteiger partial charge in [0.25, 0.3) is 0 Å².